The summed E-state index contributed by atoms with van der Waals surface area (Å²) in [5, 5.41) is 2.30. The average Bonchev–Trinajstić information content (AvgIpc) is 2.54. The maximum Gasteiger partial charge on any atom is 0.0420 e. The lowest BCUT2D eigenvalue weighted by Gasteiger charge is -2.09. The van der Waals surface area contributed by atoms with Crippen LogP contribution in [0.3, 0.4) is 0 Å². The highest BCUT2D eigenvalue weighted by Crippen LogP contribution is 2.37. The average molecular weight is 223 g/mol. The number of hydrogen-bond acceptors (Lipinski definition) is 1. The van der Waals surface area contributed by atoms with Crippen molar-refractivity contribution < 1.29 is 0 Å². The Kier molecular flexibility index (Phi) is 2.03. The molecule has 72 valence electrons. The van der Waals surface area contributed by atoms with Crippen molar-refractivity contribution >= 4 is 33.0 Å². The maximum atomic E-state index is 5.99. The molecule has 0 N–H and O–H groups in total. The van der Waals surface area contributed by atoms with Gasteiger partial charge in [-0.05, 0) is 48.8 Å². The third-order valence-electron chi connectivity index (χ3n) is 2.92. The van der Waals surface area contributed by atoms with Crippen molar-refractivity contribution in [3.05, 3.63) is 33.7 Å². The van der Waals surface area contributed by atoms with Gasteiger partial charge in [0.25, 0.3) is 0 Å². The van der Waals surface area contributed by atoms with E-state index in [0.29, 0.717) is 0 Å². The summed E-state index contributed by atoms with van der Waals surface area (Å²) in [5.74, 6) is 0. The van der Waals surface area contributed by atoms with Crippen molar-refractivity contribution in [2.45, 2.75) is 25.7 Å². The van der Waals surface area contributed by atoms with Crippen LogP contribution in [0.25, 0.3) is 10.1 Å². The first kappa shape index (κ1) is 8.75. The molecule has 0 fully saturated rings. The Hall–Kier alpha value is -0.530. The molecule has 0 saturated carbocycles. The molecule has 0 unspecified atom stereocenters. The molecule has 1 aromatic carbocycles. The molecule has 1 aliphatic carbocycles. The largest absolute Gasteiger partial charge is 0.140 e. The molecule has 1 aliphatic rings. The van der Waals surface area contributed by atoms with Gasteiger partial charge in [-0.25, -0.2) is 0 Å². The van der Waals surface area contributed by atoms with Crippen LogP contribution in [-0.4, -0.2) is 0 Å². The molecule has 0 bridgehead atoms. The number of hydrogen-bond donors (Lipinski definition) is 0. The molecule has 0 atom stereocenters. The van der Waals surface area contributed by atoms with E-state index >= 15 is 0 Å². The Bertz CT molecular complexity index is 484. The molecule has 2 heteroatoms. The lowest BCUT2D eigenvalue weighted by atomic mass is 9.96. The molecule has 3 rings (SSSR count). The van der Waals surface area contributed by atoms with Gasteiger partial charge in [-0.1, -0.05) is 17.7 Å². The second-order valence-corrected chi connectivity index (χ2v) is 5.42. The van der Waals surface area contributed by atoms with Crippen molar-refractivity contribution in [2.75, 3.05) is 0 Å². The Morgan fingerprint density at radius 1 is 1.14 bits per heavy atom. The van der Waals surface area contributed by atoms with E-state index in [4.69, 9.17) is 11.6 Å². The van der Waals surface area contributed by atoms with Crippen LogP contribution in [-0.2, 0) is 12.8 Å². The molecule has 2 aromatic rings. The Morgan fingerprint density at radius 2 is 2.00 bits per heavy atom. The van der Waals surface area contributed by atoms with Gasteiger partial charge in [-0.3, -0.25) is 0 Å². The van der Waals surface area contributed by atoms with Crippen molar-refractivity contribution in [1.29, 1.82) is 0 Å². The summed E-state index contributed by atoms with van der Waals surface area (Å²) >= 11 is 7.92. The van der Waals surface area contributed by atoms with Crippen LogP contribution < -0.4 is 0 Å². The maximum absolute atomic E-state index is 5.99. The standard InChI is InChI=1S/C12H11ClS/c13-8-5-6-10-9-3-1-2-4-11(9)14-12(10)7-8/h5-7H,1-4H2. The quantitative estimate of drug-likeness (QED) is 0.619. The first-order valence-corrected chi connectivity index (χ1v) is 6.24. The Balaban J connectivity index is 2.31. The van der Waals surface area contributed by atoms with Gasteiger partial charge in [0.15, 0.2) is 0 Å². The summed E-state index contributed by atoms with van der Waals surface area (Å²) in [6.45, 7) is 0. The molecule has 1 heterocycles. The van der Waals surface area contributed by atoms with Crippen molar-refractivity contribution in [3.63, 3.8) is 0 Å². The van der Waals surface area contributed by atoms with Gasteiger partial charge < -0.3 is 0 Å². The predicted octanol–water partition coefficient (Wildman–Crippen LogP) is 4.43. The summed E-state index contributed by atoms with van der Waals surface area (Å²) in [6.07, 6.45) is 5.23. The first-order chi connectivity index (χ1) is 6.84. The third kappa shape index (κ3) is 1.27. The van der Waals surface area contributed by atoms with E-state index < -0.39 is 0 Å². The molecule has 0 spiro atoms. The van der Waals surface area contributed by atoms with Crippen LogP contribution in [0.4, 0.5) is 0 Å². The van der Waals surface area contributed by atoms with Gasteiger partial charge in [-0.2, -0.15) is 0 Å². The molecular weight excluding hydrogens is 212 g/mol. The minimum absolute atomic E-state index is 0.857. The number of aryl methyl sites for hydroxylation is 2. The van der Waals surface area contributed by atoms with E-state index in [-0.39, 0.29) is 0 Å². The van der Waals surface area contributed by atoms with Gasteiger partial charge in [0.05, 0.1) is 0 Å². The molecular formula is C12H11ClS. The van der Waals surface area contributed by atoms with Crippen molar-refractivity contribution in [1.82, 2.24) is 0 Å². The van der Waals surface area contributed by atoms with E-state index in [1.165, 1.54) is 35.8 Å². The molecule has 0 amide bonds. The fraction of sp³-hybridized carbons (Fsp3) is 0.333. The van der Waals surface area contributed by atoms with E-state index in [2.05, 4.69) is 12.1 Å². The smallest absolute Gasteiger partial charge is 0.0420 e. The second-order valence-electron chi connectivity index (χ2n) is 3.85. The predicted molar refractivity (Wildman–Crippen MR) is 63.5 cm³/mol. The van der Waals surface area contributed by atoms with Crippen LogP contribution in [0.1, 0.15) is 23.3 Å². The lowest BCUT2D eigenvalue weighted by Crippen LogP contribution is -1.97. The van der Waals surface area contributed by atoms with Gasteiger partial charge in [-0.15, -0.1) is 11.3 Å². The van der Waals surface area contributed by atoms with Gasteiger partial charge in [0.2, 0.25) is 0 Å². The number of rotatable bonds is 0. The van der Waals surface area contributed by atoms with Gasteiger partial charge in [0, 0.05) is 14.6 Å². The highest BCUT2D eigenvalue weighted by Gasteiger charge is 2.15. The van der Waals surface area contributed by atoms with Crippen LogP contribution >= 0.6 is 22.9 Å². The highest BCUT2D eigenvalue weighted by molar-refractivity contribution is 7.19. The fourth-order valence-corrected chi connectivity index (χ4v) is 3.81. The molecule has 1 aromatic heterocycles. The molecule has 0 radical (unpaired) electrons. The normalized spacial score (nSPS) is 15.8. The highest BCUT2D eigenvalue weighted by atomic mass is 35.5. The zero-order chi connectivity index (χ0) is 9.54. The van der Waals surface area contributed by atoms with Crippen LogP contribution in [0.5, 0.6) is 0 Å². The van der Waals surface area contributed by atoms with E-state index in [9.17, 15) is 0 Å². The lowest BCUT2D eigenvalue weighted by molar-refractivity contribution is 0.700. The monoisotopic (exact) mass is 222 g/mol. The van der Waals surface area contributed by atoms with E-state index in [1.807, 2.05) is 17.4 Å². The minimum atomic E-state index is 0.857. The van der Waals surface area contributed by atoms with Crippen molar-refractivity contribution in [3.8, 4) is 0 Å². The molecule has 0 saturated heterocycles. The zero-order valence-corrected chi connectivity index (χ0v) is 9.42. The molecule has 0 nitrogen and oxygen atoms in total. The molecule has 0 aliphatic heterocycles. The fourth-order valence-electron chi connectivity index (χ4n) is 2.24. The van der Waals surface area contributed by atoms with Gasteiger partial charge in [0.1, 0.15) is 0 Å². The SMILES string of the molecule is Clc1ccc2c3c(sc2c1)CCCC3. The topological polar surface area (TPSA) is 0 Å². The first-order valence-electron chi connectivity index (χ1n) is 5.04. The van der Waals surface area contributed by atoms with Crippen LogP contribution in [0.15, 0.2) is 18.2 Å². The zero-order valence-electron chi connectivity index (χ0n) is 7.85. The number of fused-ring (bicyclic) bond motifs is 3. The van der Waals surface area contributed by atoms with Gasteiger partial charge >= 0.3 is 0 Å². The Labute approximate surface area is 92.5 Å². The second kappa shape index (κ2) is 3.25. The third-order valence-corrected chi connectivity index (χ3v) is 4.41. The summed E-state index contributed by atoms with van der Waals surface area (Å²) in [4.78, 5) is 1.59. The summed E-state index contributed by atoms with van der Waals surface area (Å²) < 4.78 is 1.37. The van der Waals surface area contributed by atoms with E-state index in [1.54, 1.807) is 10.4 Å². The Morgan fingerprint density at radius 3 is 2.93 bits per heavy atom. The summed E-state index contributed by atoms with van der Waals surface area (Å²) in [6, 6.07) is 6.28. The number of thiophene rings is 1. The van der Waals surface area contributed by atoms with Crippen LogP contribution in [0.2, 0.25) is 5.02 Å². The van der Waals surface area contributed by atoms with Crippen LogP contribution in [0, 0.1) is 0 Å². The van der Waals surface area contributed by atoms with E-state index in [0.717, 1.165) is 5.02 Å². The number of benzene rings is 1. The van der Waals surface area contributed by atoms with Crippen molar-refractivity contribution in [2.24, 2.45) is 0 Å². The molecule has 14 heavy (non-hydrogen) atoms. The number of halogens is 1. The summed E-state index contributed by atoms with van der Waals surface area (Å²) in [5.41, 5.74) is 1.59. The minimum Gasteiger partial charge on any atom is -0.140 e. The summed E-state index contributed by atoms with van der Waals surface area (Å²) in [7, 11) is 0.